The van der Waals surface area contributed by atoms with Crippen molar-refractivity contribution >= 4 is 100 Å². The molecule has 1 aliphatic rings. The summed E-state index contributed by atoms with van der Waals surface area (Å²) in [7, 11) is 1.79. The van der Waals surface area contributed by atoms with E-state index in [0.29, 0.717) is 24.6 Å². The molecule has 15 heteroatoms. The second-order valence-corrected chi connectivity index (χ2v) is 7.55. The molecule has 0 spiro atoms. The van der Waals surface area contributed by atoms with E-state index in [1.54, 1.807) is 19.2 Å². The number of fused-ring (bicyclic) bond motifs is 1. The van der Waals surface area contributed by atoms with Gasteiger partial charge in [-0.15, -0.1) is 0 Å². The molecule has 178 valence electrons. The molecule has 1 aliphatic heterocycles. The van der Waals surface area contributed by atoms with Gasteiger partial charge in [-0.05, 0) is 30.7 Å². The molecule has 0 fully saturated rings. The van der Waals surface area contributed by atoms with E-state index < -0.39 is 23.9 Å². The predicted molar refractivity (Wildman–Crippen MR) is 132 cm³/mol. The average Bonchev–Trinajstić information content (AvgIpc) is 2.75. The van der Waals surface area contributed by atoms with E-state index in [4.69, 9.17) is 10.8 Å². The maximum Gasteiger partial charge on any atom is 0.326 e. The van der Waals surface area contributed by atoms with Crippen LogP contribution in [-0.4, -0.2) is 129 Å². The summed E-state index contributed by atoms with van der Waals surface area (Å²) in [5.74, 6) is -2.59. The molecule has 1 aromatic carbocycles. The molecule has 0 aliphatic carbocycles. The number of rotatable bonds is 9. The number of aromatic nitrogens is 2. The number of carbonyl (C=O) groups is 3. The summed E-state index contributed by atoms with van der Waals surface area (Å²) in [6.07, 6.45) is -0.586. The van der Waals surface area contributed by atoms with Crippen molar-refractivity contribution in [3.63, 3.8) is 0 Å². The van der Waals surface area contributed by atoms with Crippen LogP contribution in [0.3, 0.4) is 0 Å². The number of nitrogens with zero attached hydrogens (tertiary/aromatic N) is 2. The summed E-state index contributed by atoms with van der Waals surface area (Å²) in [6.45, 7) is 1.01. The molecule has 2 radical (unpaired) electrons. The van der Waals surface area contributed by atoms with Crippen molar-refractivity contribution in [1.29, 1.82) is 0 Å². The van der Waals surface area contributed by atoms with Gasteiger partial charge >= 0.3 is 11.9 Å². The number of nitrogen functional groups attached to an aromatic ring is 1. The van der Waals surface area contributed by atoms with Crippen LogP contribution in [0, 0.1) is 0 Å². The first-order valence-corrected chi connectivity index (χ1v) is 10.1. The van der Waals surface area contributed by atoms with Crippen molar-refractivity contribution in [1.82, 2.24) is 15.3 Å². The summed E-state index contributed by atoms with van der Waals surface area (Å²) < 4.78 is 0. The summed E-state index contributed by atoms with van der Waals surface area (Å²) in [6, 6.07) is 5.03. The Kier molecular flexibility index (Phi) is 12.0. The zero-order valence-electron chi connectivity index (χ0n) is 19.8. The van der Waals surface area contributed by atoms with Crippen LogP contribution in [0.5, 0.6) is 0 Å². The maximum absolute atomic E-state index is 12.3. The molecule has 13 nitrogen and oxygen atoms in total. The number of carboxylic acids is 2. The van der Waals surface area contributed by atoms with Crippen LogP contribution in [0.1, 0.15) is 23.2 Å². The largest absolute Gasteiger partial charge is 0.481 e. The number of likely N-dealkylation sites (N-methyl/N-ethyl adjacent to an activating group) is 1. The summed E-state index contributed by atoms with van der Waals surface area (Å²) in [5, 5.41) is 26.6. The molecule has 1 aromatic heterocycles. The SMILES string of the molecule is CN1c2c(nc(N)[nH]c2=O)NCC1CNc1ccc(C(=O)NC(CCC(=O)O)C(=O)O)cc1.[Na].[Na]. The Morgan fingerprint density at radius 1 is 1.23 bits per heavy atom. The fourth-order valence-corrected chi connectivity index (χ4v) is 3.42. The first-order chi connectivity index (χ1) is 15.7. The first kappa shape index (κ1) is 30.7. The number of amides is 1. The fourth-order valence-electron chi connectivity index (χ4n) is 3.42. The molecule has 0 saturated carbocycles. The molecule has 8 N–H and O–H groups in total. The van der Waals surface area contributed by atoms with Crippen molar-refractivity contribution in [2.75, 3.05) is 41.4 Å². The summed E-state index contributed by atoms with van der Waals surface area (Å²) >= 11 is 0. The minimum absolute atomic E-state index is 0. The van der Waals surface area contributed by atoms with Gasteiger partial charge in [0.25, 0.3) is 11.5 Å². The minimum atomic E-state index is -1.30. The van der Waals surface area contributed by atoms with Gasteiger partial charge in [0.15, 0.2) is 5.82 Å². The Hall–Kier alpha value is -2.29. The van der Waals surface area contributed by atoms with Gasteiger partial charge in [0, 0.05) is 96.9 Å². The van der Waals surface area contributed by atoms with Gasteiger partial charge in [0.2, 0.25) is 5.95 Å². The van der Waals surface area contributed by atoms with E-state index in [9.17, 15) is 24.3 Å². The van der Waals surface area contributed by atoms with Gasteiger partial charge in [0.1, 0.15) is 11.7 Å². The van der Waals surface area contributed by atoms with Crippen molar-refractivity contribution in [3.05, 3.63) is 40.2 Å². The van der Waals surface area contributed by atoms with Crippen LogP contribution in [-0.2, 0) is 9.59 Å². The molecule has 2 aromatic rings. The molecule has 0 saturated heterocycles. The number of aliphatic carboxylic acids is 2. The van der Waals surface area contributed by atoms with Crippen molar-refractivity contribution in [2.24, 2.45) is 0 Å². The molecular formula is C20H25N7Na2O6. The normalized spacial score (nSPS) is 14.8. The third kappa shape index (κ3) is 8.12. The molecule has 2 atom stereocenters. The number of nitrogens with one attached hydrogen (secondary N) is 4. The number of aromatic amines is 1. The Balaban J connectivity index is 0.00000306. The molecule has 0 bridgehead atoms. The zero-order valence-corrected chi connectivity index (χ0v) is 23.8. The number of anilines is 4. The standard InChI is InChI=1S/C20H25N7O6.2Na/c1-27-12(9-23-16-15(27)18(31)26-20(21)25-16)8-22-11-4-2-10(3-5-11)17(30)24-13(19(32)33)6-7-14(28)29;;/h2-5,12-13,22H,6-9H2,1H3,(H,24,30)(H,28,29)(H,32,33)(H4,21,23,25,26,31);;. The van der Waals surface area contributed by atoms with Crippen LogP contribution >= 0.6 is 0 Å². The zero-order chi connectivity index (χ0) is 24.1. The van der Waals surface area contributed by atoms with E-state index in [2.05, 4.69) is 25.9 Å². The summed E-state index contributed by atoms with van der Waals surface area (Å²) in [4.78, 5) is 54.9. The number of nitrogens with two attached hydrogens (primary N) is 1. The average molecular weight is 505 g/mol. The van der Waals surface area contributed by atoms with Gasteiger partial charge in [0.05, 0.1) is 6.04 Å². The number of benzene rings is 1. The van der Waals surface area contributed by atoms with E-state index >= 15 is 0 Å². The second kappa shape index (κ2) is 13.7. The van der Waals surface area contributed by atoms with Crippen LogP contribution in [0.4, 0.5) is 23.1 Å². The molecule has 1 amide bonds. The van der Waals surface area contributed by atoms with Gasteiger partial charge in [-0.1, -0.05) is 0 Å². The van der Waals surface area contributed by atoms with Crippen molar-refractivity contribution < 1.29 is 24.6 Å². The van der Waals surface area contributed by atoms with Crippen molar-refractivity contribution in [2.45, 2.75) is 24.9 Å². The van der Waals surface area contributed by atoms with Crippen LogP contribution in [0.15, 0.2) is 29.1 Å². The number of carbonyl (C=O) groups excluding carboxylic acids is 1. The third-order valence-electron chi connectivity index (χ3n) is 5.26. The quantitative estimate of drug-likeness (QED) is 0.206. The molecule has 35 heavy (non-hydrogen) atoms. The van der Waals surface area contributed by atoms with Gasteiger partial charge in [-0.25, -0.2) is 4.79 Å². The Labute approximate surface area is 244 Å². The minimum Gasteiger partial charge on any atom is -0.481 e. The number of H-pyrrole nitrogens is 1. The van der Waals surface area contributed by atoms with Crippen LogP contribution in [0.25, 0.3) is 0 Å². The Morgan fingerprint density at radius 2 is 1.89 bits per heavy atom. The van der Waals surface area contributed by atoms with Crippen molar-refractivity contribution in [3.8, 4) is 0 Å². The smallest absolute Gasteiger partial charge is 0.326 e. The van der Waals surface area contributed by atoms with Crippen LogP contribution in [0.2, 0.25) is 0 Å². The van der Waals surface area contributed by atoms with Gasteiger partial charge < -0.3 is 36.8 Å². The molecular weight excluding hydrogens is 480 g/mol. The monoisotopic (exact) mass is 505 g/mol. The third-order valence-corrected chi connectivity index (χ3v) is 5.26. The second-order valence-electron chi connectivity index (χ2n) is 7.55. The van der Waals surface area contributed by atoms with E-state index in [1.807, 2.05) is 4.90 Å². The summed E-state index contributed by atoms with van der Waals surface area (Å²) in [5.41, 5.74) is 6.59. The first-order valence-electron chi connectivity index (χ1n) is 10.1. The van der Waals surface area contributed by atoms with Gasteiger partial charge in [-0.2, -0.15) is 4.98 Å². The van der Waals surface area contributed by atoms with E-state index in [0.717, 1.165) is 5.69 Å². The number of hydrogen-bond donors (Lipinski definition) is 7. The number of hydrogen-bond acceptors (Lipinski definition) is 9. The van der Waals surface area contributed by atoms with Gasteiger partial charge in [-0.3, -0.25) is 19.4 Å². The molecule has 2 unspecified atom stereocenters. The van der Waals surface area contributed by atoms with E-state index in [-0.39, 0.29) is 95.1 Å². The van der Waals surface area contributed by atoms with E-state index in [1.165, 1.54) is 12.1 Å². The maximum atomic E-state index is 12.3. The Bertz CT molecular complexity index is 1110. The van der Waals surface area contributed by atoms with Crippen LogP contribution < -0.4 is 32.1 Å². The number of carboxylic acid groups (broad SMARTS) is 2. The Morgan fingerprint density at radius 3 is 2.49 bits per heavy atom. The molecule has 2 heterocycles. The fraction of sp³-hybridized carbons (Fsp3) is 0.350. The topological polar surface area (TPSA) is 203 Å². The predicted octanol–water partition coefficient (Wildman–Crippen LogP) is -1.02. The molecule has 3 rings (SSSR count).